The Bertz CT molecular complexity index is 578. The van der Waals surface area contributed by atoms with Crippen molar-refractivity contribution in [3.63, 3.8) is 0 Å². The van der Waals surface area contributed by atoms with Gasteiger partial charge < -0.3 is 10.6 Å². The maximum atomic E-state index is 4.30. The largest absolute Gasteiger partial charge is 0.356 e. The predicted molar refractivity (Wildman–Crippen MR) is 90.0 cm³/mol. The molecule has 0 aliphatic rings. The fourth-order valence-corrected chi connectivity index (χ4v) is 2.05. The van der Waals surface area contributed by atoms with Crippen molar-refractivity contribution in [1.82, 2.24) is 20.6 Å². The van der Waals surface area contributed by atoms with Crippen LogP contribution >= 0.6 is 0 Å². The summed E-state index contributed by atoms with van der Waals surface area (Å²) in [5.41, 5.74) is 3.35. The average molecular weight is 297 g/mol. The van der Waals surface area contributed by atoms with E-state index in [0.717, 1.165) is 43.3 Å². The van der Waals surface area contributed by atoms with Crippen LogP contribution in [0.15, 0.2) is 47.7 Å². The lowest BCUT2D eigenvalue weighted by atomic mass is 10.2. The Morgan fingerprint density at radius 3 is 2.50 bits per heavy atom. The number of nitrogens with zero attached hydrogens (tertiary/aromatic N) is 3. The van der Waals surface area contributed by atoms with Crippen LogP contribution in [0.3, 0.4) is 0 Å². The Kier molecular flexibility index (Phi) is 6.36. The normalized spacial score (nSPS) is 11.3. The Morgan fingerprint density at radius 2 is 1.86 bits per heavy atom. The van der Waals surface area contributed by atoms with E-state index in [0.29, 0.717) is 0 Å². The van der Waals surface area contributed by atoms with E-state index in [-0.39, 0.29) is 0 Å². The second kappa shape index (κ2) is 8.77. The average Bonchev–Trinajstić information content (AvgIpc) is 2.56. The molecule has 0 amide bonds. The van der Waals surface area contributed by atoms with Crippen molar-refractivity contribution < 1.29 is 0 Å². The van der Waals surface area contributed by atoms with Crippen LogP contribution in [-0.4, -0.2) is 36.1 Å². The van der Waals surface area contributed by atoms with E-state index in [9.17, 15) is 0 Å². The molecule has 0 saturated heterocycles. The van der Waals surface area contributed by atoms with E-state index in [1.54, 1.807) is 7.05 Å². The SMILES string of the molecule is CN=C(NCCc1ccc(C)nc1)NCCc1ccccn1. The maximum absolute atomic E-state index is 4.30. The van der Waals surface area contributed by atoms with Gasteiger partial charge in [0.1, 0.15) is 0 Å². The van der Waals surface area contributed by atoms with E-state index >= 15 is 0 Å². The molecule has 2 rings (SSSR count). The molecule has 0 bridgehead atoms. The number of aliphatic imine (C=N–C) groups is 1. The molecule has 0 aliphatic carbocycles. The molecule has 2 aromatic heterocycles. The zero-order chi connectivity index (χ0) is 15.6. The first kappa shape index (κ1) is 15.9. The van der Waals surface area contributed by atoms with Crippen LogP contribution < -0.4 is 10.6 Å². The Morgan fingerprint density at radius 1 is 1.05 bits per heavy atom. The summed E-state index contributed by atoms with van der Waals surface area (Å²) in [5.74, 6) is 0.816. The van der Waals surface area contributed by atoms with Gasteiger partial charge in [-0.3, -0.25) is 15.0 Å². The summed E-state index contributed by atoms with van der Waals surface area (Å²) < 4.78 is 0. The van der Waals surface area contributed by atoms with Crippen molar-refractivity contribution in [3.8, 4) is 0 Å². The minimum absolute atomic E-state index is 0.808. The van der Waals surface area contributed by atoms with Gasteiger partial charge in [0, 0.05) is 50.3 Å². The maximum Gasteiger partial charge on any atom is 0.190 e. The van der Waals surface area contributed by atoms with E-state index in [1.807, 2.05) is 43.6 Å². The summed E-state index contributed by atoms with van der Waals surface area (Å²) in [7, 11) is 1.78. The number of nitrogens with one attached hydrogen (secondary N) is 2. The Hall–Kier alpha value is -2.43. The van der Waals surface area contributed by atoms with E-state index in [2.05, 4.69) is 31.7 Å². The number of hydrogen-bond acceptors (Lipinski definition) is 3. The molecule has 0 aliphatic heterocycles. The first-order valence-electron chi connectivity index (χ1n) is 7.54. The lowest BCUT2D eigenvalue weighted by molar-refractivity contribution is 0.775. The van der Waals surface area contributed by atoms with Gasteiger partial charge in [0.05, 0.1) is 0 Å². The molecule has 0 radical (unpaired) electrons. The van der Waals surface area contributed by atoms with Gasteiger partial charge in [-0.1, -0.05) is 12.1 Å². The first-order chi connectivity index (χ1) is 10.8. The standard InChI is InChI=1S/C17H23N5/c1-14-6-7-15(13-22-14)8-11-20-17(18-2)21-12-9-16-5-3-4-10-19-16/h3-7,10,13H,8-9,11-12H2,1-2H3,(H2,18,20,21). The highest BCUT2D eigenvalue weighted by Crippen LogP contribution is 1.99. The molecule has 0 unspecified atom stereocenters. The van der Waals surface area contributed by atoms with Crippen molar-refractivity contribution in [2.75, 3.05) is 20.1 Å². The fraction of sp³-hybridized carbons (Fsp3) is 0.353. The molecule has 2 heterocycles. The molecule has 0 spiro atoms. The fourth-order valence-electron chi connectivity index (χ4n) is 2.05. The van der Waals surface area contributed by atoms with Gasteiger partial charge in [0.2, 0.25) is 0 Å². The minimum Gasteiger partial charge on any atom is -0.356 e. The summed E-state index contributed by atoms with van der Waals surface area (Å²) in [6.07, 6.45) is 5.55. The third-order valence-corrected chi connectivity index (χ3v) is 3.30. The zero-order valence-corrected chi connectivity index (χ0v) is 13.2. The summed E-state index contributed by atoms with van der Waals surface area (Å²) >= 11 is 0. The van der Waals surface area contributed by atoms with Crippen LogP contribution in [0.1, 0.15) is 17.0 Å². The summed E-state index contributed by atoms with van der Waals surface area (Å²) in [5, 5.41) is 6.61. The molecule has 2 aromatic rings. The van der Waals surface area contributed by atoms with E-state index in [4.69, 9.17) is 0 Å². The highest BCUT2D eigenvalue weighted by Gasteiger charge is 1.99. The van der Waals surface area contributed by atoms with E-state index < -0.39 is 0 Å². The zero-order valence-electron chi connectivity index (χ0n) is 13.2. The lowest BCUT2D eigenvalue weighted by Gasteiger charge is -2.11. The molecule has 0 saturated carbocycles. The van der Waals surface area contributed by atoms with Crippen molar-refractivity contribution in [1.29, 1.82) is 0 Å². The molecular weight excluding hydrogens is 274 g/mol. The quantitative estimate of drug-likeness (QED) is 0.630. The topological polar surface area (TPSA) is 62.2 Å². The van der Waals surface area contributed by atoms with Crippen LogP contribution in [0.25, 0.3) is 0 Å². The Balaban J connectivity index is 1.68. The summed E-state index contributed by atoms with van der Waals surface area (Å²) in [4.78, 5) is 12.8. The molecule has 5 heteroatoms. The van der Waals surface area contributed by atoms with Gasteiger partial charge in [0.25, 0.3) is 0 Å². The molecular formula is C17H23N5. The van der Waals surface area contributed by atoms with Gasteiger partial charge in [-0.15, -0.1) is 0 Å². The van der Waals surface area contributed by atoms with Crippen molar-refractivity contribution >= 4 is 5.96 Å². The van der Waals surface area contributed by atoms with Gasteiger partial charge in [0.15, 0.2) is 5.96 Å². The molecule has 2 N–H and O–H groups in total. The lowest BCUT2D eigenvalue weighted by Crippen LogP contribution is -2.39. The molecule has 0 aromatic carbocycles. The monoisotopic (exact) mass is 297 g/mol. The third-order valence-electron chi connectivity index (χ3n) is 3.30. The second-order valence-electron chi connectivity index (χ2n) is 5.05. The highest BCUT2D eigenvalue weighted by molar-refractivity contribution is 5.79. The van der Waals surface area contributed by atoms with Crippen LogP contribution in [0, 0.1) is 6.92 Å². The number of aryl methyl sites for hydroxylation is 1. The van der Waals surface area contributed by atoms with Crippen LogP contribution in [0.4, 0.5) is 0 Å². The molecule has 5 nitrogen and oxygen atoms in total. The first-order valence-corrected chi connectivity index (χ1v) is 7.54. The molecule has 0 fully saturated rings. The van der Waals surface area contributed by atoms with Crippen LogP contribution in [0.2, 0.25) is 0 Å². The third kappa shape index (κ3) is 5.52. The number of aromatic nitrogens is 2. The van der Waals surface area contributed by atoms with Crippen molar-refractivity contribution in [2.24, 2.45) is 4.99 Å². The van der Waals surface area contributed by atoms with Gasteiger partial charge >= 0.3 is 0 Å². The van der Waals surface area contributed by atoms with Crippen LogP contribution in [0.5, 0.6) is 0 Å². The number of hydrogen-bond donors (Lipinski definition) is 2. The highest BCUT2D eigenvalue weighted by atomic mass is 15.2. The van der Waals surface area contributed by atoms with Gasteiger partial charge in [-0.25, -0.2) is 0 Å². The molecule has 0 atom stereocenters. The van der Waals surface area contributed by atoms with Crippen LogP contribution in [-0.2, 0) is 12.8 Å². The van der Waals surface area contributed by atoms with E-state index in [1.165, 1.54) is 5.56 Å². The number of rotatable bonds is 6. The second-order valence-corrected chi connectivity index (χ2v) is 5.05. The predicted octanol–water partition coefficient (Wildman–Crippen LogP) is 1.74. The number of guanidine groups is 1. The minimum atomic E-state index is 0.808. The van der Waals surface area contributed by atoms with Crippen molar-refractivity contribution in [2.45, 2.75) is 19.8 Å². The number of pyridine rings is 2. The van der Waals surface area contributed by atoms with Gasteiger partial charge in [-0.2, -0.15) is 0 Å². The van der Waals surface area contributed by atoms with Crippen molar-refractivity contribution in [3.05, 3.63) is 59.7 Å². The summed E-state index contributed by atoms with van der Waals surface area (Å²) in [6, 6.07) is 10.1. The summed E-state index contributed by atoms with van der Waals surface area (Å²) in [6.45, 7) is 3.63. The molecule has 22 heavy (non-hydrogen) atoms. The smallest absolute Gasteiger partial charge is 0.190 e. The Labute approximate surface area is 131 Å². The molecule has 116 valence electrons. The van der Waals surface area contributed by atoms with Gasteiger partial charge in [-0.05, 0) is 37.1 Å².